The molecule has 0 bridgehead atoms. The van der Waals surface area contributed by atoms with Crippen molar-refractivity contribution in [3.63, 3.8) is 0 Å². The molecule has 5 heteroatoms. The Morgan fingerprint density at radius 1 is 1.70 bits per heavy atom. The molecule has 3 N–H and O–H groups in total. The molecule has 0 amide bonds. The number of hydrogen-bond acceptors (Lipinski definition) is 3. The molecule has 0 saturated carbocycles. The van der Waals surface area contributed by atoms with Gasteiger partial charge < -0.3 is 10.7 Å². The minimum atomic E-state index is -0.00144. The van der Waals surface area contributed by atoms with E-state index < -0.39 is 0 Å². The van der Waals surface area contributed by atoms with Crippen molar-refractivity contribution in [1.29, 1.82) is 0 Å². The molecule has 0 fully saturated rings. The summed E-state index contributed by atoms with van der Waals surface area (Å²) >= 11 is 1.18. The number of thiazole rings is 1. The van der Waals surface area contributed by atoms with E-state index in [2.05, 4.69) is 4.98 Å². The maximum absolute atomic E-state index is 10.5. The summed E-state index contributed by atoms with van der Waals surface area (Å²) in [5.41, 5.74) is 6.19. The quantitative estimate of drug-likeness (QED) is 0.691. The molecule has 0 aliphatic heterocycles. The van der Waals surface area contributed by atoms with Crippen LogP contribution in [0.5, 0.6) is 0 Å². The van der Waals surface area contributed by atoms with Crippen LogP contribution in [0.2, 0.25) is 0 Å². The Labute approximate surface area is 68.7 Å². The summed E-state index contributed by atoms with van der Waals surface area (Å²) in [5, 5.41) is 1.80. The van der Waals surface area contributed by atoms with Crippen LogP contribution in [0.3, 0.4) is 0 Å². The Hall–Kier alpha value is -0.320. The number of rotatable bonds is 2. The summed E-state index contributed by atoms with van der Waals surface area (Å²) in [6, 6.07) is 0. The van der Waals surface area contributed by atoms with E-state index in [1.165, 1.54) is 11.3 Å². The van der Waals surface area contributed by atoms with Crippen LogP contribution in [0.4, 0.5) is 0 Å². The maximum Gasteiger partial charge on any atom is 0.304 e. The molecule has 0 aliphatic rings. The van der Waals surface area contributed by atoms with Crippen LogP contribution < -0.4 is 10.6 Å². The van der Waals surface area contributed by atoms with Crippen molar-refractivity contribution in [2.24, 2.45) is 5.73 Å². The average Bonchev–Trinajstić information content (AvgIpc) is 2.17. The smallest absolute Gasteiger partial charge is 0.304 e. The highest BCUT2D eigenvalue weighted by molar-refractivity contribution is 7.07. The second-order valence-corrected chi connectivity index (χ2v) is 2.55. The van der Waals surface area contributed by atoms with Gasteiger partial charge in [0.25, 0.3) is 0 Å². The molecule has 0 unspecified atom stereocenters. The van der Waals surface area contributed by atoms with E-state index in [1.807, 2.05) is 0 Å². The van der Waals surface area contributed by atoms with Gasteiger partial charge in [-0.3, -0.25) is 4.79 Å². The highest BCUT2D eigenvalue weighted by atomic mass is 35.5. The van der Waals surface area contributed by atoms with Crippen LogP contribution in [0.1, 0.15) is 5.69 Å². The Bertz CT molecular complexity index is 232. The molecule has 0 spiro atoms. The molecule has 1 aromatic heterocycles. The summed E-state index contributed by atoms with van der Waals surface area (Å²) in [6.07, 6.45) is 0.763. The predicted octanol–water partition coefficient (Wildman–Crippen LogP) is 0.359. The number of nitrogens with two attached hydrogens (primary N) is 1. The fourth-order valence-corrected chi connectivity index (χ4v) is 1.21. The van der Waals surface area contributed by atoms with Crippen molar-refractivity contribution >= 4 is 23.7 Å². The number of aromatic nitrogens is 1. The molecule has 0 atom stereocenters. The normalized spacial score (nSPS) is 8.90. The van der Waals surface area contributed by atoms with Gasteiger partial charge in [0.15, 0.2) is 0 Å². The molecule has 1 rings (SSSR count). The van der Waals surface area contributed by atoms with Crippen LogP contribution in [-0.2, 0) is 6.42 Å². The van der Waals surface area contributed by atoms with Crippen LogP contribution >= 0.6 is 23.7 Å². The Kier molecular flexibility index (Phi) is 4.34. The van der Waals surface area contributed by atoms with E-state index in [1.54, 1.807) is 5.38 Å². The standard InChI is InChI=1S/C5H8N2OS.ClH/c6-2-1-4-3-9-5(8)7-4;/h3H,1-2,6H2,(H,7,8);1H. The van der Waals surface area contributed by atoms with Crippen molar-refractivity contribution in [2.45, 2.75) is 6.42 Å². The van der Waals surface area contributed by atoms with Gasteiger partial charge in [-0.15, -0.1) is 12.4 Å². The first-order valence-electron chi connectivity index (χ1n) is 2.69. The molecule has 58 valence electrons. The minimum Gasteiger partial charge on any atom is -0.330 e. The van der Waals surface area contributed by atoms with Gasteiger partial charge in [-0.2, -0.15) is 0 Å². The molecule has 0 radical (unpaired) electrons. The Morgan fingerprint density at radius 3 is 2.80 bits per heavy atom. The van der Waals surface area contributed by atoms with Crippen LogP contribution in [-0.4, -0.2) is 11.5 Å². The highest BCUT2D eigenvalue weighted by Gasteiger charge is 1.91. The van der Waals surface area contributed by atoms with Gasteiger partial charge in [-0.1, -0.05) is 11.3 Å². The average molecular weight is 181 g/mol. The van der Waals surface area contributed by atoms with Gasteiger partial charge >= 0.3 is 4.87 Å². The van der Waals surface area contributed by atoms with E-state index in [9.17, 15) is 4.79 Å². The van der Waals surface area contributed by atoms with E-state index in [0.717, 1.165) is 12.1 Å². The molecule has 1 aromatic rings. The third-order valence-corrected chi connectivity index (χ3v) is 1.70. The molecule has 0 aliphatic carbocycles. The van der Waals surface area contributed by atoms with Gasteiger partial charge in [-0.25, -0.2) is 0 Å². The van der Waals surface area contributed by atoms with E-state index >= 15 is 0 Å². The van der Waals surface area contributed by atoms with Crippen molar-refractivity contribution in [2.75, 3.05) is 6.54 Å². The van der Waals surface area contributed by atoms with Crippen molar-refractivity contribution < 1.29 is 0 Å². The van der Waals surface area contributed by atoms with Gasteiger partial charge in [0, 0.05) is 17.5 Å². The van der Waals surface area contributed by atoms with Gasteiger partial charge in [-0.05, 0) is 6.54 Å². The van der Waals surface area contributed by atoms with Crippen molar-refractivity contribution in [1.82, 2.24) is 4.98 Å². The molecule has 3 nitrogen and oxygen atoms in total. The second kappa shape index (κ2) is 4.49. The largest absolute Gasteiger partial charge is 0.330 e. The van der Waals surface area contributed by atoms with E-state index in [4.69, 9.17) is 5.73 Å². The molecule has 0 saturated heterocycles. The van der Waals surface area contributed by atoms with Gasteiger partial charge in [0.1, 0.15) is 0 Å². The predicted molar refractivity (Wildman–Crippen MR) is 44.9 cm³/mol. The topological polar surface area (TPSA) is 58.9 Å². The Morgan fingerprint density at radius 2 is 2.40 bits per heavy atom. The lowest BCUT2D eigenvalue weighted by atomic mass is 10.3. The number of halogens is 1. The van der Waals surface area contributed by atoms with Gasteiger partial charge in [0.2, 0.25) is 0 Å². The maximum atomic E-state index is 10.5. The van der Waals surface area contributed by atoms with Gasteiger partial charge in [0.05, 0.1) is 0 Å². The molecule has 1 heterocycles. The Balaban J connectivity index is 0.000000810. The van der Waals surface area contributed by atoms with Crippen molar-refractivity contribution in [3.8, 4) is 0 Å². The number of nitrogens with one attached hydrogen (secondary N) is 1. The molecule has 10 heavy (non-hydrogen) atoms. The van der Waals surface area contributed by atoms with E-state index in [-0.39, 0.29) is 17.3 Å². The number of hydrogen-bond donors (Lipinski definition) is 2. The van der Waals surface area contributed by atoms with Crippen molar-refractivity contribution in [3.05, 3.63) is 20.7 Å². The monoisotopic (exact) mass is 180 g/mol. The molecule has 0 aromatic carbocycles. The fourth-order valence-electron chi connectivity index (χ4n) is 0.592. The third-order valence-electron chi connectivity index (χ3n) is 0.985. The lowest BCUT2D eigenvalue weighted by molar-refractivity contribution is 0.930. The lowest BCUT2D eigenvalue weighted by Gasteiger charge is -1.86. The lowest BCUT2D eigenvalue weighted by Crippen LogP contribution is -2.04. The third kappa shape index (κ3) is 2.51. The zero-order chi connectivity index (χ0) is 6.69. The van der Waals surface area contributed by atoms with Crippen LogP contribution in [0.15, 0.2) is 10.2 Å². The first-order chi connectivity index (χ1) is 4.33. The fraction of sp³-hybridized carbons (Fsp3) is 0.400. The summed E-state index contributed by atoms with van der Waals surface area (Å²) in [5.74, 6) is 0. The highest BCUT2D eigenvalue weighted by Crippen LogP contribution is 1.93. The molecular weight excluding hydrogens is 172 g/mol. The summed E-state index contributed by atoms with van der Waals surface area (Å²) in [6.45, 7) is 0.590. The first-order valence-corrected chi connectivity index (χ1v) is 3.57. The zero-order valence-corrected chi connectivity index (χ0v) is 6.93. The van der Waals surface area contributed by atoms with Crippen LogP contribution in [0.25, 0.3) is 0 Å². The zero-order valence-electron chi connectivity index (χ0n) is 5.29. The van der Waals surface area contributed by atoms with E-state index in [0.29, 0.717) is 6.54 Å². The second-order valence-electron chi connectivity index (χ2n) is 1.71. The first kappa shape index (κ1) is 9.68. The van der Waals surface area contributed by atoms with Crippen LogP contribution in [0, 0.1) is 0 Å². The number of H-pyrrole nitrogens is 1. The summed E-state index contributed by atoms with van der Waals surface area (Å²) in [4.78, 5) is 13.1. The number of aromatic amines is 1. The summed E-state index contributed by atoms with van der Waals surface area (Å²) < 4.78 is 0. The minimum absolute atomic E-state index is 0. The summed E-state index contributed by atoms with van der Waals surface area (Å²) in [7, 11) is 0. The SMILES string of the molecule is Cl.NCCc1csc(=O)[nH]1. The molecular formula is C5H9ClN2OS.